The molecular weight excluding hydrogens is 1010 g/mol. The van der Waals surface area contributed by atoms with E-state index in [0.717, 1.165) is 95.7 Å². The van der Waals surface area contributed by atoms with Crippen LogP contribution in [-0.4, -0.2) is 0 Å². The van der Waals surface area contributed by atoms with Crippen LogP contribution in [0.1, 0.15) is 44.5 Å². The SMILES string of the molecule is c1ccc(-c2cccc(-c3ccc(N(c4ccccc4-c4cccc5c4-c4ccccc4C54c5ccccc5Oc5ccccc54)c4ccccc4-c4cccc5c4-c4ccccc4C54c5ccccc5Oc5ccccc54)cc3)c2)cc1. The Kier molecular flexibility index (Phi) is 10.4. The average Bonchev–Trinajstić information content (AvgIpc) is 1.70. The Balaban J connectivity index is 0.905. The first-order valence-corrected chi connectivity index (χ1v) is 28.6. The van der Waals surface area contributed by atoms with Crippen LogP contribution < -0.4 is 14.4 Å². The van der Waals surface area contributed by atoms with E-state index >= 15 is 0 Å². The Morgan fingerprint density at radius 2 is 0.530 bits per heavy atom. The molecule has 3 nitrogen and oxygen atoms in total. The molecule has 388 valence electrons. The molecule has 0 aromatic heterocycles. The van der Waals surface area contributed by atoms with Crippen molar-refractivity contribution in [2.45, 2.75) is 10.8 Å². The molecule has 2 heterocycles. The van der Waals surface area contributed by atoms with Gasteiger partial charge in [0.05, 0.1) is 22.2 Å². The monoisotopic (exact) mass is 1060 g/mol. The lowest BCUT2D eigenvalue weighted by atomic mass is 9.66. The lowest BCUT2D eigenvalue weighted by Crippen LogP contribution is -2.32. The number of hydrogen-bond acceptors (Lipinski definition) is 3. The van der Waals surface area contributed by atoms with Gasteiger partial charge in [-0.3, -0.25) is 0 Å². The quantitative estimate of drug-likeness (QED) is 0.159. The first-order chi connectivity index (χ1) is 41.2. The largest absolute Gasteiger partial charge is 0.457 e. The molecule has 0 amide bonds. The zero-order valence-electron chi connectivity index (χ0n) is 45.2. The fraction of sp³-hybridized carbons (Fsp3) is 0.0250. The van der Waals surface area contributed by atoms with Gasteiger partial charge < -0.3 is 14.4 Å². The number of anilines is 3. The topological polar surface area (TPSA) is 21.7 Å². The lowest BCUT2D eigenvalue weighted by molar-refractivity contribution is 0.436. The third-order valence-corrected chi connectivity index (χ3v) is 18.0. The van der Waals surface area contributed by atoms with Crippen molar-refractivity contribution in [2.75, 3.05) is 4.90 Å². The zero-order valence-corrected chi connectivity index (χ0v) is 45.2. The van der Waals surface area contributed by atoms with Gasteiger partial charge in [-0.15, -0.1) is 0 Å². The molecule has 13 aromatic carbocycles. The van der Waals surface area contributed by atoms with Crippen molar-refractivity contribution in [1.29, 1.82) is 0 Å². The van der Waals surface area contributed by atoms with Gasteiger partial charge in [-0.05, 0) is 132 Å². The van der Waals surface area contributed by atoms with Crippen molar-refractivity contribution >= 4 is 17.1 Å². The van der Waals surface area contributed by atoms with Gasteiger partial charge in [0.1, 0.15) is 23.0 Å². The average molecular weight is 1060 g/mol. The highest BCUT2D eigenvalue weighted by molar-refractivity contribution is 6.04. The van der Waals surface area contributed by atoms with E-state index in [4.69, 9.17) is 9.47 Å². The van der Waals surface area contributed by atoms with Crippen molar-refractivity contribution in [1.82, 2.24) is 0 Å². The Morgan fingerprint density at radius 3 is 0.976 bits per heavy atom. The molecule has 0 saturated heterocycles. The van der Waals surface area contributed by atoms with Crippen molar-refractivity contribution in [2.24, 2.45) is 0 Å². The second-order valence-electron chi connectivity index (χ2n) is 22.1. The van der Waals surface area contributed by atoms with Crippen LogP contribution in [0.3, 0.4) is 0 Å². The van der Waals surface area contributed by atoms with Crippen molar-refractivity contribution in [3.8, 4) is 89.8 Å². The fourth-order valence-corrected chi connectivity index (χ4v) is 14.8. The van der Waals surface area contributed by atoms with Crippen LogP contribution in [0.4, 0.5) is 17.1 Å². The maximum Gasteiger partial charge on any atom is 0.132 e. The number of para-hydroxylation sites is 6. The Bertz CT molecular complexity index is 4430. The molecule has 0 radical (unpaired) electrons. The second kappa shape index (κ2) is 18.4. The Labute approximate surface area is 483 Å². The summed E-state index contributed by atoms with van der Waals surface area (Å²) in [6.07, 6.45) is 0. The van der Waals surface area contributed by atoms with Gasteiger partial charge in [-0.1, -0.05) is 255 Å². The number of nitrogens with zero attached hydrogens (tertiary/aromatic N) is 1. The van der Waals surface area contributed by atoms with Crippen LogP contribution in [0.2, 0.25) is 0 Å². The summed E-state index contributed by atoms with van der Waals surface area (Å²) in [5, 5.41) is 0. The van der Waals surface area contributed by atoms with E-state index in [0.29, 0.717) is 0 Å². The highest BCUT2D eigenvalue weighted by Gasteiger charge is 2.53. The van der Waals surface area contributed by atoms with Gasteiger partial charge >= 0.3 is 0 Å². The predicted octanol–water partition coefficient (Wildman–Crippen LogP) is 20.8. The zero-order chi connectivity index (χ0) is 54.6. The van der Waals surface area contributed by atoms with E-state index in [-0.39, 0.29) is 0 Å². The minimum Gasteiger partial charge on any atom is -0.457 e. The van der Waals surface area contributed by atoms with Crippen molar-refractivity contribution < 1.29 is 9.47 Å². The molecule has 3 heteroatoms. The maximum atomic E-state index is 6.77. The van der Waals surface area contributed by atoms with Crippen molar-refractivity contribution in [3.05, 3.63) is 354 Å². The normalized spacial score (nSPS) is 13.7. The Hall–Kier alpha value is -10.7. The lowest BCUT2D eigenvalue weighted by Gasteiger charge is -2.39. The van der Waals surface area contributed by atoms with Gasteiger partial charge in [0, 0.05) is 39.1 Å². The fourth-order valence-electron chi connectivity index (χ4n) is 14.8. The van der Waals surface area contributed by atoms with Gasteiger partial charge in [0.2, 0.25) is 0 Å². The number of hydrogen-bond donors (Lipinski definition) is 0. The molecule has 0 unspecified atom stereocenters. The predicted molar refractivity (Wildman–Crippen MR) is 338 cm³/mol. The first-order valence-electron chi connectivity index (χ1n) is 28.6. The van der Waals surface area contributed by atoms with Crippen molar-refractivity contribution in [3.63, 3.8) is 0 Å². The van der Waals surface area contributed by atoms with Gasteiger partial charge in [-0.2, -0.15) is 0 Å². The second-order valence-corrected chi connectivity index (χ2v) is 22.1. The first kappa shape index (κ1) is 47.1. The summed E-state index contributed by atoms with van der Waals surface area (Å²) in [7, 11) is 0. The summed E-state index contributed by atoms with van der Waals surface area (Å²) in [4.78, 5) is 2.51. The highest BCUT2D eigenvalue weighted by atomic mass is 16.5. The number of benzene rings is 13. The van der Waals surface area contributed by atoms with Crippen LogP contribution in [0.25, 0.3) is 66.8 Å². The molecule has 2 aliphatic heterocycles. The third-order valence-electron chi connectivity index (χ3n) is 18.0. The smallest absolute Gasteiger partial charge is 0.132 e. The maximum absolute atomic E-state index is 6.77. The number of rotatable bonds is 7. The minimum absolute atomic E-state index is 0.616. The third kappa shape index (κ3) is 6.74. The summed E-state index contributed by atoms with van der Waals surface area (Å²) in [6.45, 7) is 0. The summed E-state index contributed by atoms with van der Waals surface area (Å²) in [5.74, 6) is 3.51. The minimum atomic E-state index is -0.616. The van der Waals surface area contributed by atoms with Gasteiger partial charge in [0.25, 0.3) is 0 Å². The highest BCUT2D eigenvalue weighted by Crippen LogP contribution is 2.66. The molecule has 17 rings (SSSR count). The van der Waals surface area contributed by atoms with Crippen LogP contribution in [0, 0.1) is 0 Å². The Morgan fingerprint density at radius 1 is 0.217 bits per heavy atom. The molecule has 0 bridgehead atoms. The molecule has 13 aromatic rings. The number of ether oxygens (including phenoxy) is 2. The summed E-state index contributed by atoms with van der Waals surface area (Å²) >= 11 is 0. The molecular formula is C80H51NO2. The number of fused-ring (bicyclic) bond motifs is 18. The van der Waals surface area contributed by atoms with E-state index in [1.54, 1.807) is 0 Å². The van der Waals surface area contributed by atoms with E-state index in [1.165, 1.54) is 55.6 Å². The van der Waals surface area contributed by atoms with Gasteiger partial charge in [0.15, 0.2) is 0 Å². The molecule has 0 atom stereocenters. The summed E-state index contributed by atoms with van der Waals surface area (Å²) < 4.78 is 13.5. The van der Waals surface area contributed by atoms with E-state index in [9.17, 15) is 0 Å². The van der Waals surface area contributed by atoms with Crippen LogP contribution in [0.15, 0.2) is 309 Å². The molecule has 0 fully saturated rings. The molecule has 2 spiro atoms. The van der Waals surface area contributed by atoms with Crippen LogP contribution >= 0.6 is 0 Å². The molecule has 2 aliphatic carbocycles. The molecule has 83 heavy (non-hydrogen) atoms. The molecule has 0 N–H and O–H groups in total. The summed E-state index contributed by atoms with van der Waals surface area (Å²) in [5.41, 5.74) is 25.7. The summed E-state index contributed by atoms with van der Waals surface area (Å²) in [6, 6.07) is 113. The molecule has 4 aliphatic rings. The standard InChI is InChI=1S/C80H51NO2/c1-2-23-52(24-3-1)54-25-20-26-55(51-54)53-47-49-56(50-48-53)81(71-41-14-6-27-57(71)59-31-21-39-69-77(59)61-29-4-8-33-63(61)79(69)65-35-10-16-43-73(65)82-74-44-17-11-36-66(74)79)72-42-15-7-28-58(72)60-32-22-40-70-78(60)62-30-5-9-34-64(62)80(70)67-37-12-18-45-75(67)83-76-46-19-13-38-68(76)80/h1-51H. The van der Waals surface area contributed by atoms with E-state index < -0.39 is 10.8 Å². The van der Waals surface area contributed by atoms with Crippen LogP contribution in [-0.2, 0) is 10.8 Å². The van der Waals surface area contributed by atoms with Gasteiger partial charge in [-0.25, -0.2) is 0 Å². The van der Waals surface area contributed by atoms with E-state index in [1.807, 2.05) is 0 Å². The molecule has 0 saturated carbocycles. The van der Waals surface area contributed by atoms with Crippen LogP contribution in [0.5, 0.6) is 23.0 Å². The van der Waals surface area contributed by atoms with E-state index in [2.05, 4.69) is 314 Å².